The zero-order valence-corrected chi connectivity index (χ0v) is 12.4. The van der Waals surface area contributed by atoms with Gasteiger partial charge in [0, 0.05) is 18.5 Å². The van der Waals surface area contributed by atoms with Gasteiger partial charge in [-0.15, -0.1) is 0 Å². The Bertz CT molecular complexity index is 418. The van der Waals surface area contributed by atoms with E-state index in [1.807, 2.05) is 13.8 Å². The van der Waals surface area contributed by atoms with E-state index in [9.17, 15) is 0 Å². The molecule has 1 aromatic heterocycles. The van der Waals surface area contributed by atoms with E-state index >= 15 is 0 Å². The fraction of sp³-hybridized carbons (Fsp3) is 0.714. The lowest BCUT2D eigenvalue weighted by Gasteiger charge is -2.26. The highest BCUT2D eigenvalue weighted by Crippen LogP contribution is 2.18. The normalized spacial score (nSPS) is 16.4. The molecular formula is C14H25N5O. The molecule has 0 unspecified atom stereocenters. The summed E-state index contributed by atoms with van der Waals surface area (Å²) in [6, 6.07) is 1.74. The van der Waals surface area contributed by atoms with Crippen LogP contribution in [-0.4, -0.2) is 41.1 Å². The lowest BCUT2D eigenvalue weighted by atomic mass is 10.1. The van der Waals surface area contributed by atoms with E-state index in [1.165, 1.54) is 32.4 Å². The van der Waals surface area contributed by atoms with Gasteiger partial charge >= 0.3 is 0 Å². The van der Waals surface area contributed by atoms with Crippen LogP contribution in [0.5, 0.6) is 5.88 Å². The molecule has 112 valence electrons. The Labute approximate surface area is 120 Å². The number of nitrogens with zero attached hydrogens (tertiary/aromatic N) is 3. The molecular weight excluding hydrogens is 254 g/mol. The number of ether oxygens (including phenoxy) is 1. The van der Waals surface area contributed by atoms with Crippen molar-refractivity contribution in [1.82, 2.24) is 14.9 Å². The van der Waals surface area contributed by atoms with Gasteiger partial charge in [0.05, 0.1) is 0 Å². The minimum absolute atomic E-state index is 0.243. The standard InChI is InChI=1S/C14H25N5O/c1-11(2)14-16-12(18-15)10-13(17-14)20-9-8-19-6-4-3-5-7-19/h10-11H,3-9,15H2,1-2H3,(H,16,17,18). The van der Waals surface area contributed by atoms with Crippen LogP contribution in [-0.2, 0) is 0 Å². The Balaban J connectivity index is 1.89. The maximum absolute atomic E-state index is 5.75. The molecule has 6 nitrogen and oxygen atoms in total. The smallest absolute Gasteiger partial charge is 0.218 e. The number of nitrogens with two attached hydrogens (primary N) is 1. The number of nitrogens with one attached hydrogen (secondary N) is 1. The van der Waals surface area contributed by atoms with Crippen LogP contribution >= 0.6 is 0 Å². The van der Waals surface area contributed by atoms with E-state index in [0.29, 0.717) is 18.3 Å². The summed E-state index contributed by atoms with van der Waals surface area (Å²) in [4.78, 5) is 11.2. The summed E-state index contributed by atoms with van der Waals surface area (Å²) >= 11 is 0. The highest BCUT2D eigenvalue weighted by Gasteiger charge is 2.11. The van der Waals surface area contributed by atoms with Crippen LogP contribution in [0.4, 0.5) is 5.82 Å². The van der Waals surface area contributed by atoms with Crippen molar-refractivity contribution in [2.75, 3.05) is 31.7 Å². The Hall–Kier alpha value is -1.40. The molecule has 2 heterocycles. The number of hydrazine groups is 1. The summed E-state index contributed by atoms with van der Waals surface area (Å²) in [5, 5.41) is 0. The number of nitrogen functional groups attached to an aromatic ring is 1. The van der Waals surface area contributed by atoms with Crippen molar-refractivity contribution in [3.8, 4) is 5.88 Å². The van der Waals surface area contributed by atoms with E-state index in [-0.39, 0.29) is 5.92 Å². The van der Waals surface area contributed by atoms with Gasteiger partial charge in [-0.05, 0) is 25.9 Å². The first-order chi connectivity index (χ1) is 9.69. The Kier molecular flexibility index (Phi) is 5.55. The number of likely N-dealkylation sites (tertiary alicyclic amines) is 1. The molecule has 0 saturated carbocycles. The van der Waals surface area contributed by atoms with E-state index in [4.69, 9.17) is 10.6 Å². The highest BCUT2D eigenvalue weighted by atomic mass is 16.5. The van der Waals surface area contributed by atoms with Gasteiger partial charge in [0.2, 0.25) is 5.88 Å². The predicted molar refractivity (Wildman–Crippen MR) is 79.7 cm³/mol. The second-order valence-corrected chi connectivity index (χ2v) is 5.50. The third-order valence-corrected chi connectivity index (χ3v) is 3.49. The number of hydrogen-bond donors (Lipinski definition) is 2. The fourth-order valence-electron chi connectivity index (χ4n) is 2.31. The van der Waals surface area contributed by atoms with E-state index in [2.05, 4.69) is 20.3 Å². The molecule has 2 rings (SSSR count). The lowest BCUT2D eigenvalue weighted by molar-refractivity contribution is 0.180. The highest BCUT2D eigenvalue weighted by molar-refractivity contribution is 5.37. The Morgan fingerprint density at radius 3 is 2.70 bits per heavy atom. The summed E-state index contributed by atoms with van der Waals surface area (Å²) < 4.78 is 5.75. The summed E-state index contributed by atoms with van der Waals surface area (Å²) in [5.41, 5.74) is 2.56. The van der Waals surface area contributed by atoms with E-state index < -0.39 is 0 Å². The zero-order valence-electron chi connectivity index (χ0n) is 12.4. The molecule has 1 saturated heterocycles. The quantitative estimate of drug-likeness (QED) is 0.610. The van der Waals surface area contributed by atoms with Gasteiger partial charge < -0.3 is 10.2 Å². The van der Waals surface area contributed by atoms with Crippen LogP contribution < -0.4 is 16.0 Å². The number of aromatic nitrogens is 2. The second-order valence-electron chi connectivity index (χ2n) is 5.50. The molecule has 20 heavy (non-hydrogen) atoms. The lowest BCUT2D eigenvalue weighted by Crippen LogP contribution is -2.33. The van der Waals surface area contributed by atoms with Gasteiger partial charge in [-0.3, -0.25) is 4.90 Å². The minimum atomic E-state index is 0.243. The third kappa shape index (κ3) is 4.31. The van der Waals surface area contributed by atoms with Gasteiger partial charge in [-0.1, -0.05) is 20.3 Å². The predicted octanol–water partition coefficient (Wildman–Crippen LogP) is 1.75. The van der Waals surface area contributed by atoms with Crippen molar-refractivity contribution < 1.29 is 4.74 Å². The monoisotopic (exact) mass is 279 g/mol. The topological polar surface area (TPSA) is 76.3 Å². The first-order valence-electron chi connectivity index (χ1n) is 7.40. The molecule has 0 aromatic carbocycles. The van der Waals surface area contributed by atoms with Crippen LogP contribution in [0.3, 0.4) is 0 Å². The van der Waals surface area contributed by atoms with E-state index in [1.54, 1.807) is 6.07 Å². The molecule has 3 N–H and O–H groups in total. The molecule has 0 radical (unpaired) electrons. The maximum atomic E-state index is 5.75. The summed E-state index contributed by atoms with van der Waals surface area (Å²) in [6.45, 7) is 8.06. The number of rotatable bonds is 6. The Morgan fingerprint density at radius 1 is 1.30 bits per heavy atom. The van der Waals surface area contributed by atoms with E-state index in [0.717, 1.165) is 12.4 Å². The maximum Gasteiger partial charge on any atom is 0.218 e. The van der Waals surface area contributed by atoms with Crippen molar-refractivity contribution in [3.63, 3.8) is 0 Å². The number of hydrogen-bond acceptors (Lipinski definition) is 6. The Morgan fingerprint density at radius 2 is 2.05 bits per heavy atom. The summed E-state index contributed by atoms with van der Waals surface area (Å²) in [7, 11) is 0. The third-order valence-electron chi connectivity index (χ3n) is 3.49. The average molecular weight is 279 g/mol. The summed E-state index contributed by atoms with van der Waals surface area (Å²) in [6.07, 6.45) is 3.95. The van der Waals surface area contributed by atoms with Gasteiger partial charge in [-0.2, -0.15) is 4.98 Å². The van der Waals surface area contributed by atoms with Crippen LogP contribution in [0.25, 0.3) is 0 Å². The largest absolute Gasteiger partial charge is 0.476 e. The van der Waals surface area contributed by atoms with Crippen LogP contribution in [0.1, 0.15) is 44.9 Å². The first kappa shape index (κ1) is 15.0. The molecule has 0 amide bonds. The van der Waals surface area contributed by atoms with Gasteiger partial charge in [0.25, 0.3) is 0 Å². The van der Waals surface area contributed by atoms with Crippen molar-refractivity contribution in [3.05, 3.63) is 11.9 Å². The molecule has 6 heteroatoms. The van der Waals surface area contributed by atoms with Crippen LogP contribution in [0.15, 0.2) is 6.07 Å². The molecule has 0 bridgehead atoms. The minimum Gasteiger partial charge on any atom is -0.476 e. The van der Waals surface area contributed by atoms with Crippen LogP contribution in [0, 0.1) is 0 Å². The van der Waals surface area contributed by atoms with Crippen molar-refractivity contribution in [2.24, 2.45) is 5.84 Å². The van der Waals surface area contributed by atoms with Crippen molar-refractivity contribution in [2.45, 2.75) is 39.0 Å². The molecule has 0 atom stereocenters. The molecule has 1 aliphatic rings. The molecule has 1 fully saturated rings. The summed E-state index contributed by atoms with van der Waals surface area (Å²) in [5.74, 6) is 7.60. The fourth-order valence-corrected chi connectivity index (χ4v) is 2.31. The molecule has 1 aromatic rings. The number of piperidine rings is 1. The van der Waals surface area contributed by atoms with Crippen molar-refractivity contribution >= 4 is 5.82 Å². The number of anilines is 1. The van der Waals surface area contributed by atoms with Crippen LogP contribution in [0.2, 0.25) is 0 Å². The average Bonchev–Trinajstić information content (AvgIpc) is 2.48. The molecule has 0 aliphatic carbocycles. The van der Waals surface area contributed by atoms with Crippen molar-refractivity contribution in [1.29, 1.82) is 0 Å². The molecule has 1 aliphatic heterocycles. The first-order valence-corrected chi connectivity index (χ1v) is 7.40. The zero-order chi connectivity index (χ0) is 14.4. The van der Waals surface area contributed by atoms with Gasteiger partial charge in [0.1, 0.15) is 18.2 Å². The van der Waals surface area contributed by atoms with Gasteiger partial charge in [-0.25, -0.2) is 10.8 Å². The van der Waals surface area contributed by atoms with Gasteiger partial charge in [0.15, 0.2) is 0 Å². The SMILES string of the molecule is CC(C)c1nc(NN)cc(OCCN2CCCCC2)n1. The second kappa shape index (κ2) is 7.40. The molecule has 0 spiro atoms.